The summed E-state index contributed by atoms with van der Waals surface area (Å²) in [7, 11) is 2.01. The highest BCUT2D eigenvalue weighted by atomic mass is 16.5. The van der Waals surface area contributed by atoms with Gasteiger partial charge in [0.1, 0.15) is 0 Å². The Bertz CT molecular complexity index is 867. The van der Waals surface area contributed by atoms with E-state index < -0.39 is 0 Å². The van der Waals surface area contributed by atoms with Crippen LogP contribution in [0, 0.1) is 13.8 Å². The van der Waals surface area contributed by atoms with Crippen LogP contribution in [0.4, 0.5) is 0 Å². The predicted octanol–water partition coefficient (Wildman–Crippen LogP) is 3.42. The van der Waals surface area contributed by atoms with Crippen LogP contribution in [0.3, 0.4) is 0 Å². The van der Waals surface area contributed by atoms with Crippen LogP contribution >= 0.6 is 0 Å². The molecule has 25 heavy (non-hydrogen) atoms. The lowest BCUT2D eigenvalue weighted by molar-refractivity contribution is 0.237. The molecule has 1 aromatic carbocycles. The van der Waals surface area contributed by atoms with Crippen LogP contribution in [-0.4, -0.2) is 31.4 Å². The van der Waals surface area contributed by atoms with E-state index in [1.807, 2.05) is 42.1 Å². The largest absolute Gasteiger partial charge is 0.334 e. The summed E-state index contributed by atoms with van der Waals surface area (Å²) in [6.45, 7) is 6.00. The number of hydrogen-bond acceptors (Lipinski definition) is 5. The molecule has 0 amide bonds. The SMILES string of the molecule is Cc1nn(C)c(C)c1C1CCCN1Cc1noc(-c2ccccc2)n1. The second-order valence-electron chi connectivity index (χ2n) is 6.72. The number of nitrogens with zero attached hydrogens (tertiary/aromatic N) is 5. The van der Waals surface area contributed by atoms with Gasteiger partial charge in [0, 0.05) is 29.9 Å². The lowest BCUT2D eigenvalue weighted by Gasteiger charge is -2.23. The van der Waals surface area contributed by atoms with Gasteiger partial charge in [-0.15, -0.1) is 0 Å². The Morgan fingerprint density at radius 3 is 2.72 bits per heavy atom. The van der Waals surface area contributed by atoms with Gasteiger partial charge in [0.15, 0.2) is 5.82 Å². The molecular formula is C19H23N5O. The Morgan fingerprint density at radius 1 is 1.20 bits per heavy atom. The van der Waals surface area contributed by atoms with E-state index in [9.17, 15) is 0 Å². The fraction of sp³-hybridized carbons (Fsp3) is 0.421. The van der Waals surface area contributed by atoms with Crippen molar-refractivity contribution in [3.8, 4) is 11.5 Å². The zero-order valence-electron chi connectivity index (χ0n) is 14.9. The van der Waals surface area contributed by atoms with E-state index in [-0.39, 0.29) is 0 Å². The van der Waals surface area contributed by atoms with Crippen LogP contribution in [0.5, 0.6) is 0 Å². The number of hydrogen-bond donors (Lipinski definition) is 0. The number of benzene rings is 1. The number of likely N-dealkylation sites (tertiary alicyclic amines) is 1. The molecule has 1 aliphatic rings. The average Bonchev–Trinajstić information content (AvgIpc) is 3.31. The summed E-state index contributed by atoms with van der Waals surface area (Å²) < 4.78 is 7.42. The van der Waals surface area contributed by atoms with Crippen molar-refractivity contribution < 1.29 is 4.52 Å². The molecule has 0 radical (unpaired) electrons. The molecule has 0 saturated carbocycles. The third-order valence-corrected chi connectivity index (χ3v) is 5.10. The van der Waals surface area contributed by atoms with E-state index in [1.165, 1.54) is 17.7 Å². The molecule has 0 N–H and O–H groups in total. The van der Waals surface area contributed by atoms with Crippen LogP contribution in [-0.2, 0) is 13.6 Å². The summed E-state index contributed by atoms with van der Waals surface area (Å²) in [5.74, 6) is 1.32. The molecule has 3 heterocycles. The summed E-state index contributed by atoms with van der Waals surface area (Å²) in [4.78, 5) is 7.02. The lowest BCUT2D eigenvalue weighted by atomic mass is 10.0. The monoisotopic (exact) mass is 337 g/mol. The summed E-state index contributed by atoms with van der Waals surface area (Å²) in [5, 5.41) is 8.77. The van der Waals surface area contributed by atoms with Crippen molar-refractivity contribution in [1.29, 1.82) is 0 Å². The van der Waals surface area contributed by atoms with Crippen molar-refractivity contribution in [1.82, 2.24) is 24.8 Å². The lowest BCUT2D eigenvalue weighted by Crippen LogP contribution is -2.24. The molecule has 4 rings (SSSR count). The highest BCUT2D eigenvalue weighted by molar-refractivity contribution is 5.51. The van der Waals surface area contributed by atoms with Crippen LogP contribution in [0.2, 0.25) is 0 Å². The van der Waals surface area contributed by atoms with Gasteiger partial charge >= 0.3 is 0 Å². The highest BCUT2D eigenvalue weighted by Crippen LogP contribution is 2.36. The first kappa shape index (κ1) is 16.0. The predicted molar refractivity (Wildman–Crippen MR) is 94.8 cm³/mol. The number of aromatic nitrogens is 4. The maximum absolute atomic E-state index is 5.45. The zero-order chi connectivity index (χ0) is 17.4. The number of aryl methyl sites for hydroxylation is 2. The van der Waals surface area contributed by atoms with Gasteiger partial charge < -0.3 is 4.52 Å². The molecule has 6 nitrogen and oxygen atoms in total. The van der Waals surface area contributed by atoms with Gasteiger partial charge in [-0.25, -0.2) is 0 Å². The highest BCUT2D eigenvalue weighted by Gasteiger charge is 2.31. The quantitative estimate of drug-likeness (QED) is 0.730. The first-order valence-electron chi connectivity index (χ1n) is 8.75. The summed E-state index contributed by atoms with van der Waals surface area (Å²) in [6.07, 6.45) is 2.33. The Balaban J connectivity index is 1.55. The molecule has 0 aliphatic carbocycles. The summed E-state index contributed by atoms with van der Waals surface area (Å²) in [6, 6.07) is 10.3. The third-order valence-electron chi connectivity index (χ3n) is 5.10. The van der Waals surface area contributed by atoms with Crippen LogP contribution < -0.4 is 0 Å². The van der Waals surface area contributed by atoms with Gasteiger partial charge in [0.05, 0.1) is 12.2 Å². The molecule has 0 bridgehead atoms. The molecule has 1 fully saturated rings. The van der Waals surface area contributed by atoms with E-state index in [0.717, 1.165) is 30.0 Å². The van der Waals surface area contributed by atoms with Crippen LogP contribution in [0.25, 0.3) is 11.5 Å². The van der Waals surface area contributed by atoms with E-state index in [1.54, 1.807) is 0 Å². The second-order valence-corrected chi connectivity index (χ2v) is 6.72. The van der Waals surface area contributed by atoms with Gasteiger partial charge in [0.25, 0.3) is 5.89 Å². The van der Waals surface area contributed by atoms with Crippen LogP contribution in [0.15, 0.2) is 34.9 Å². The Labute approximate surface area is 147 Å². The number of rotatable bonds is 4. The molecule has 3 aromatic rings. The summed E-state index contributed by atoms with van der Waals surface area (Å²) >= 11 is 0. The molecule has 1 unspecified atom stereocenters. The van der Waals surface area contributed by atoms with Crippen molar-refractivity contribution in [2.24, 2.45) is 7.05 Å². The molecule has 0 spiro atoms. The van der Waals surface area contributed by atoms with Gasteiger partial charge in [-0.1, -0.05) is 23.4 Å². The topological polar surface area (TPSA) is 60.0 Å². The minimum absolute atomic E-state index is 0.382. The fourth-order valence-corrected chi connectivity index (χ4v) is 3.81. The van der Waals surface area contributed by atoms with Gasteiger partial charge in [-0.2, -0.15) is 10.1 Å². The smallest absolute Gasteiger partial charge is 0.257 e. The zero-order valence-corrected chi connectivity index (χ0v) is 14.9. The molecule has 1 atom stereocenters. The van der Waals surface area contributed by atoms with Crippen molar-refractivity contribution in [2.45, 2.75) is 39.3 Å². The first-order valence-corrected chi connectivity index (χ1v) is 8.75. The second kappa shape index (κ2) is 6.44. The molecular weight excluding hydrogens is 314 g/mol. The molecule has 1 saturated heterocycles. The molecule has 2 aromatic heterocycles. The standard InChI is InChI=1S/C19H23N5O/c1-13-18(14(2)23(3)21-13)16-10-7-11-24(16)12-17-20-19(25-22-17)15-8-5-4-6-9-15/h4-6,8-9,16H,7,10-12H2,1-3H3. The van der Waals surface area contributed by atoms with E-state index >= 15 is 0 Å². The Hall–Kier alpha value is -2.47. The first-order chi connectivity index (χ1) is 12.1. The summed E-state index contributed by atoms with van der Waals surface area (Å²) in [5.41, 5.74) is 4.67. The van der Waals surface area contributed by atoms with Gasteiger partial charge in [-0.3, -0.25) is 9.58 Å². The maximum atomic E-state index is 5.45. The maximum Gasteiger partial charge on any atom is 0.257 e. The van der Waals surface area contributed by atoms with E-state index in [2.05, 4.69) is 34.0 Å². The van der Waals surface area contributed by atoms with Gasteiger partial charge in [0.2, 0.25) is 0 Å². The van der Waals surface area contributed by atoms with Crippen molar-refractivity contribution in [2.75, 3.05) is 6.54 Å². The minimum Gasteiger partial charge on any atom is -0.334 e. The molecule has 130 valence electrons. The molecule has 6 heteroatoms. The van der Waals surface area contributed by atoms with Gasteiger partial charge in [-0.05, 0) is 45.4 Å². The van der Waals surface area contributed by atoms with Crippen molar-refractivity contribution >= 4 is 0 Å². The van der Waals surface area contributed by atoms with E-state index in [4.69, 9.17) is 4.52 Å². The minimum atomic E-state index is 0.382. The molecule has 1 aliphatic heterocycles. The van der Waals surface area contributed by atoms with Crippen LogP contribution in [0.1, 0.15) is 41.7 Å². The normalized spacial score (nSPS) is 18.1. The average molecular weight is 337 g/mol. The Kier molecular flexibility index (Phi) is 4.13. The third kappa shape index (κ3) is 2.98. The fourth-order valence-electron chi connectivity index (χ4n) is 3.81. The Morgan fingerprint density at radius 2 is 2.00 bits per heavy atom. The van der Waals surface area contributed by atoms with Crippen molar-refractivity contribution in [3.63, 3.8) is 0 Å². The van der Waals surface area contributed by atoms with Crippen molar-refractivity contribution in [3.05, 3.63) is 53.1 Å². The van der Waals surface area contributed by atoms with E-state index in [0.29, 0.717) is 18.5 Å².